The number of aliphatic hydroxyl groups is 2. The van der Waals surface area contributed by atoms with Gasteiger partial charge in [0.1, 0.15) is 17.8 Å². The summed E-state index contributed by atoms with van der Waals surface area (Å²) in [7, 11) is 0. The molecule has 2 unspecified atom stereocenters. The number of hydrogen-bond donors (Lipinski definition) is 4. The first-order valence-electron chi connectivity index (χ1n) is 8.17. The van der Waals surface area contributed by atoms with Crippen LogP contribution in [0.4, 0.5) is 4.79 Å². The average molecular weight is 367 g/mol. The third-order valence-electron chi connectivity index (χ3n) is 3.36. The average Bonchev–Trinajstić information content (AvgIpc) is 2.55. The standard InChI is InChI=1S/C18H25NO7/c1-18(2,3)26-17(25)19-10-14(21)16(24)12-6-4-11(5-7-12)13(20)8-9-15(22)23/h4-7,14,16,21,24H,8-10H2,1-3H3,(H,19,25)(H,22,23). The molecule has 4 N–H and O–H groups in total. The Morgan fingerprint density at radius 2 is 1.65 bits per heavy atom. The van der Waals surface area contributed by atoms with Crippen LogP contribution in [0.1, 0.15) is 55.6 Å². The van der Waals surface area contributed by atoms with Crippen molar-refractivity contribution in [3.8, 4) is 0 Å². The summed E-state index contributed by atoms with van der Waals surface area (Å²) in [4.78, 5) is 33.9. The number of aliphatic hydroxyl groups excluding tert-OH is 2. The van der Waals surface area contributed by atoms with E-state index in [0.29, 0.717) is 11.1 Å². The Balaban J connectivity index is 2.58. The van der Waals surface area contributed by atoms with Gasteiger partial charge in [-0.2, -0.15) is 0 Å². The van der Waals surface area contributed by atoms with Gasteiger partial charge < -0.3 is 25.4 Å². The minimum absolute atomic E-state index is 0.111. The van der Waals surface area contributed by atoms with Gasteiger partial charge in [-0.15, -0.1) is 0 Å². The van der Waals surface area contributed by atoms with Gasteiger partial charge in [-0.1, -0.05) is 24.3 Å². The molecule has 0 bridgehead atoms. The van der Waals surface area contributed by atoms with Gasteiger partial charge >= 0.3 is 12.1 Å². The first-order valence-corrected chi connectivity index (χ1v) is 8.17. The van der Waals surface area contributed by atoms with Crippen molar-refractivity contribution >= 4 is 17.8 Å². The Labute approximate surface area is 151 Å². The van der Waals surface area contributed by atoms with E-state index >= 15 is 0 Å². The van der Waals surface area contributed by atoms with Gasteiger partial charge in [-0.05, 0) is 26.3 Å². The summed E-state index contributed by atoms with van der Waals surface area (Å²) < 4.78 is 5.03. The number of amides is 1. The topological polar surface area (TPSA) is 133 Å². The van der Waals surface area contributed by atoms with Crippen LogP contribution in [0, 0.1) is 0 Å². The molecule has 1 rings (SSSR count). The zero-order valence-electron chi connectivity index (χ0n) is 15.1. The van der Waals surface area contributed by atoms with Gasteiger partial charge in [-0.25, -0.2) is 4.79 Å². The van der Waals surface area contributed by atoms with Crippen LogP contribution in [0.5, 0.6) is 0 Å². The molecule has 1 aromatic carbocycles. The summed E-state index contributed by atoms with van der Waals surface area (Å²) in [5.41, 5.74) is 0.0123. The van der Waals surface area contributed by atoms with E-state index in [-0.39, 0.29) is 25.2 Å². The largest absolute Gasteiger partial charge is 0.481 e. The third kappa shape index (κ3) is 7.62. The SMILES string of the molecule is CC(C)(C)OC(=O)NCC(O)C(O)c1ccc(C(=O)CCC(=O)O)cc1. The number of nitrogens with one attached hydrogen (secondary N) is 1. The van der Waals surface area contributed by atoms with Gasteiger partial charge in [-0.3, -0.25) is 9.59 Å². The van der Waals surface area contributed by atoms with Crippen molar-refractivity contribution in [3.63, 3.8) is 0 Å². The van der Waals surface area contributed by atoms with Gasteiger partial charge in [0.2, 0.25) is 0 Å². The van der Waals surface area contributed by atoms with Crippen LogP contribution in [-0.4, -0.2) is 51.4 Å². The van der Waals surface area contributed by atoms with Crippen molar-refractivity contribution in [2.24, 2.45) is 0 Å². The third-order valence-corrected chi connectivity index (χ3v) is 3.36. The van der Waals surface area contributed by atoms with Crippen LogP contribution in [0.15, 0.2) is 24.3 Å². The van der Waals surface area contributed by atoms with Crippen LogP contribution in [0.25, 0.3) is 0 Å². The molecule has 0 spiro atoms. The second kappa shape index (κ2) is 9.30. The van der Waals surface area contributed by atoms with Gasteiger partial charge in [0.15, 0.2) is 5.78 Å². The highest BCUT2D eigenvalue weighted by Crippen LogP contribution is 2.18. The number of alkyl carbamates (subject to hydrolysis) is 1. The summed E-state index contributed by atoms with van der Waals surface area (Å²) in [5.74, 6) is -1.37. The van der Waals surface area contributed by atoms with E-state index < -0.39 is 29.9 Å². The lowest BCUT2D eigenvalue weighted by atomic mass is 10.00. The number of ketones is 1. The first kappa shape index (κ1) is 21.6. The molecular weight excluding hydrogens is 342 g/mol. The molecule has 0 saturated carbocycles. The molecule has 0 radical (unpaired) electrons. The fourth-order valence-electron chi connectivity index (χ4n) is 2.07. The molecule has 26 heavy (non-hydrogen) atoms. The minimum atomic E-state index is -1.27. The van der Waals surface area contributed by atoms with Crippen LogP contribution >= 0.6 is 0 Å². The molecule has 2 atom stereocenters. The maximum absolute atomic E-state index is 11.8. The Bertz CT molecular complexity index is 634. The number of carboxylic acid groups (broad SMARTS) is 1. The number of hydrogen-bond acceptors (Lipinski definition) is 6. The lowest BCUT2D eigenvalue weighted by Crippen LogP contribution is -2.38. The van der Waals surface area contributed by atoms with E-state index in [9.17, 15) is 24.6 Å². The van der Waals surface area contributed by atoms with Crippen LogP contribution < -0.4 is 5.32 Å². The number of carbonyl (C=O) groups excluding carboxylic acids is 2. The van der Waals surface area contributed by atoms with Crippen LogP contribution in [-0.2, 0) is 9.53 Å². The Morgan fingerprint density at radius 3 is 2.15 bits per heavy atom. The highest BCUT2D eigenvalue weighted by Gasteiger charge is 2.21. The molecule has 0 aliphatic carbocycles. The summed E-state index contributed by atoms with van der Waals surface area (Å²) in [6.45, 7) is 4.90. The molecule has 0 saturated heterocycles. The number of rotatable bonds is 8. The molecule has 144 valence electrons. The molecule has 8 nitrogen and oxygen atoms in total. The van der Waals surface area contributed by atoms with Gasteiger partial charge in [0.05, 0.1) is 6.42 Å². The lowest BCUT2D eigenvalue weighted by molar-refractivity contribution is -0.136. The molecule has 1 aromatic rings. The van der Waals surface area contributed by atoms with E-state index in [1.54, 1.807) is 20.8 Å². The first-order chi connectivity index (χ1) is 12.0. The number of benzene rings is 1. The molecule has 1 amide bonds. The van der Waals surface area contributed by atoms with E-state index in [0.717, 1.165) is 0 Å². The molecule has 0 fully saturated rings. The Hall–Kier alpha value is -2.45. The summed E-state index contributed by atoms with van der Waals surface area (Å²) in [5, 5.41) is 31.1. The molecule has 0 aromatic heterocycles. The Kier molecular flexibility index (Phi) is 7.73. The second-order valence-electron chi connectivity index (χ2n) is 6.83. The number of aliphatic carboxylic acids is 1. The summed E-state index contributed by atoms with van der Waals surface area (Å²) in [6, 6.07) is 5.85. The molecule has 0 aliphatic rings. The van der Waals surface area contributed by atoms with Gasteiger partial charge in [0, 0.05) is 18.5 Å². The number of carboxylic acids is 1. The van der Waals surface area contributed by atoms with Gasteiger partial charge in [0.25, 0.3) is 0 Å². The Morgan fingerprint density at radius 1 is 1.08 bits per heavy atom. The van der Waals surface area contributed by atoms with Crippen LogP contribution in [0.3, 0.4) is 0 Å². The van der Waals surface area contributed by atoms with Crippen molar-refractivity contribution in [3.05, 3.63) is 35.4 Å². The summed E-state index contributed by atoms with van der Waals surface area (Å²) >= 11 is 0. The van der Waals surface area contributed by atoms with Crippen molar-refractivity contribution in [1.29, 1.82) is 0 Å². The van der Waals surface area contributed by atoms with E-state index in [1.165, 1.54) is 24.3 Å². The predicted molar refractivity (Wildman–Crippen MR) is 92.8 cm³/mol. The zero-order chi connectivity index (χ0) is 19.9. The highest BCUT2D eigenvalue weighted by atomic mass is 16.6. The molecular formula is C18H25NO7. The summed E-state index contributed by atoms with van der Waals surface area (Å²) in [6.07, 6.45) is -3.61. The number of ether oxygens (including phenoxy) is 1. The van der Waals surface area contributed by atoms with Crippen molar-refractivity contribution in [2.45, 2.75) is 51.4 Å². The highest BCUT2D eigenvalue weighted by molar-refractivity contribution is 5.97. The quantitative estimate of drug-likeness (QED) is 0.513. The molecule has 0 aliphatic heterocycles. The maximum Gasteiger partial charge on any atom is 0.407 e. The van der Waals surface area contributed by atoms with Crippen LogP contribution in [0.2, 0.25) is 0 Å². The molecule has 8 heteroatoms. The van der Waals surface area contributed by atoms with Crippen molar-refractivity contribution in [1.82, 2.24) is 5.32 Å². The van der Waals surface area contributed by atoms with E-state index in [1.807, 2.05) is 0 Å². The number of Topliss-reactive ketones (excluding diaryl/α,β-unsaturated/α-hetero) is 1. The van der Waals surface area contributed by atoms with E-state index in [2.05, 4.69) is 5.32 Å². The van der Waals surface area contributed by atoms with Crippen molar-refractivity contribution < 1.29 is 34.4 Å². The normalized spacial score (nSPS) is 13.6. The second-order valence-corrected chi connectivity index (χ2v) is 6.83. The maximum atomic E-state index is 11.8. The number of carbonyl (C=O) groups is 3. The lowest BCUT2D eigenvalue weighted by Gasteiger charge is -2.22. The smallest absolute Gasteiger partial charge is 0.407 e. The fourth-order valence-corrected chi connectivity index (χ4v) is 2.07. The molecule has 0 heterocycles. The van der Waals surface area contributed by atoms with E-state index in [4.69, 9.17) is 9.84 Å². The predicted octanol–water partition coefficient (Wildman–Crippen LogP) is 1.65. The fraction of sp³-hybridized carbons (Fsp3) is 0.500. The van der Waals surface area contributed by atoms with Crippen molar-refractivity contribution in [2.75, 3.05) is 6.54 Å². The zero-order valence-corrected chi connectivity index (χ0v) is 15.1. The minimum Gasteiger partial charge on any atom is -0.481 e. The monoisotopic (exact) mass is 367 g/mol.